The Hall–Kier alpha value is -1.83. The minimum Gasteiger partial charge on any atom is -0.482 e. The third-order valence-electron chi connectivity index (χ3n) is 4.77. The fraction of sp³-hybridized carbons (Fsp3) is 0.600. The lowest BCUT2D eigenvalue weighted by Gasteiger charge is -2.47. The number of halogens is 3. The van der Waals surface area contributed by atoms with Gasteiger partial charge in [0.1, 0.15) is 11.4 Å². The fourth-order valence-corrected chi connectivity index (χ4v) is 3.64. The van der Waals surface area contributed by atoms with Crippen molar-refractivity contribution in [3.8, 4) is 5.75 Å². The molecule has 3 aliphatic rings. The van der Waals surface area contributed by atoms with Crippen molar-refractivity contribution in [3.63, 3.8) is 0 Å². The molecule has 5 nitrogen and oxygen atoms in total. The van der Waals surface area contributed by atoms with E-state index in [-0.39, 0.29) is 29.3 Å². The predicted molar refractivity (Wildman–Crippen MR) is 75.9 cm³/mol. The molecule has 0 aromatic carbocycles. The maximum atomic E-state index is 12.4. The summed E-state index contributed by atoms with van der Waals surface area (Å²) in [6, 6.07) is 1.99. The number of carbonyl (C=O) groups excluding carboxylic acids is 1. The van der Waals surface area contributed by atoms with Crippen LogP contribution in [0, 0.1) is 0 Å². The molecule has 0 aliphatic heterocycles. The van der Waals surface area contributed by atoms with Crippen LogP contribution in [0.3, 0.4) is 0 Å². The van der Waals surface area contributed by atoms with Crippen molar-refractivity contribution < 1.29 is 22.7 Å². The molecule has 1 heterocycles. The van der Waals surface area contributed by atoms with Crippen molar-refractivity contribution in [3.05, 3.63) is 24.0 Å². The Bertz CT molecular complexity index is 595. The van der Waals surface area contributed by atoms with E-state index in [4.69, 9.17) is 4.74 Å². The van der Waals surface area contributed by atoms with Crippen LogP contribution in [0.1, 0.15) is 31.4 Å². The van der Waals surface area contributed by atoms with E-state index in [2.05, 4.69) is 15.6 Å². The second-order valence-electron chi connectivity index (χ2n) is 6.38. The molecule has 3 saturated carbocycles. The maximum Gasteiger partial charge on any atom is 0.433 e. The number of hydrogen-bond acceptors (Lipinski definition) is 4. The summed E-state index contributed by atoms with van der Waals surface area (Å²) in [5.41, 5.74) is -0.982. The first-order chi connectivity index (χ1) is 10.8. The largest absolute Gasteiger partial charge is 0.482 e. The third kappa shape index (κ3) is 3.12. The molecule has 126 valence electrons. The van der Waals surface area contributed by atoms with Crippen molar-refractivity contribution in [2.75, 3.05) is 13.7 Å². The van der Waals surface area contributed by atoms with Gasteiger partial charge in [0.2, 0.25) is 0 Å². The van der Waals surface area contributed by atoms with Gasteiger partial charge < -0.3 is 15.4 Å². The number of fused-ring (bicyclic) bond motifs is 1. The summed E-state index contributed by atoms with van der Waals surface area (Å²) in [6.07, 6.45) is 0.268. The molecule has 0 unspecified atom stereocenters. The molecule has 3 fully saturated rings. The van der Waals surface area contributed by atoms with Crippen molar-refractivity contribution in [2.45, 2.75) is 42.9 Å². The highest BCUT2D eigenvalue weighted by atomic mass is 19.4. The molecule has 0 saturated heterocycles. The minimum absolute atomic E-state index is 0.134. The number of rotatable bonds is 5. The Labute approximate surface area is 131 Å². The van der Waals surface area contributed by atoms with Crippen LogP contribution >= 0.6 is 0 Å². The Balaban J connectivity index is 1.48. The van der Waals surface area contributed by atoms with Crippen molar-refractivity contribution in [1.29, 1.82) is 0 Å². The van der Waals surface area contributed by atoms with Gasteiger partial charge in [-0.05, 0) is 44.9 Å². The Morgan fingerprint density at radius 3 is 2.52 bits per heavy atom. The van der Waals surface area contributed by atoms with Gasteiger partial charge in [0, 0.05) is 11.1 Å². The number of hydrogen-bond donors (Lipinski definition) is 2. The number of amides is 1. The third-order valence-corrected chi connectivity index (χ3v) is 4.77. The van der Waals surface area contributed by atoms with Gasteiger partial charge in [0.05, 0.1) is 6.20 Å². The van der Waals surface area contributed by atoms with E-state index in [0.29, 0.717) is 0 Å². The van der Waals surface area contributed by atoms with Crippen LogP contribution in [0.25, 0.3) is 0 Å². The number of ether oxygens (including phenoxy) is 1. The predicted octanol–water partition coefficient (Wildman–Crippen LogP) is 1.88. The Kier molecular flexibility index (Phi) is 3.74. The number of alkyl halides is 3. The van der Waals surface area contributed by atoms with E-state index in [1.54, 1.807) is 0 Å². The number of nitrogens with one attached hydrogen (secondary N) is 2. The van der Waals surface area contributed by atoms with E-state index in [1.165, 1.54) is 0 Å². The monoisotopic (exact) mass is 329 g/mol. The van der Waals surface area contributed by atoms with Crippen LogP contribution in [0.4, 0.5) is 13.2 Å². The molecular weight excluding hydrogens is 311 g/mol. The summed E-state index contributed by atoms with van der Waals surface area (Å²) in [4.78, 5) is 15.2. The lowest BCUT2D eigenvalue weighted by Crippen LogP contribution is -2.63. The van der Waals surface area contributed by atoms with E-state index < -0.39 is 11.9 Å². The zero-order valence-electron chi connectivity index (χ0n) is 12.7. The first kappa shape index (κ1) is 16.0. The van der Waals surface area contributed by atoms with Crippen LogP contribution in [0.15, 0.2) is 18.3 Å². The molecule has 4 rings (SSSR count). The molecule has 0 spiro atoms. The Morgan fingerprint density at radius 2 is 2.00 bits per heavy atom. The lowest BCUT2D eigenvalue weighted by molar-refractivity contribution is -0.141. The number of aromatic nitrogens is 1. The van der Waals surface area contributed by atoms with Gasteiger partial charge in [-0.1, -0.05) is 0 Å². The molecule has 23 heavy (non-hydrogen) atoms. The van der Waals surface area contributed by atoms with Gasteiger partial charge in [0.25, 0.3) is 5.91 Å². The van der Waals surface area contributed by atoms with E-state index in [9.17, 15) is 18.0 Å². The topological polar surface area (TPSA) is 63.2 Å². The normalized spacial score (nSPS) is 29.0. The summed E-state index contributed by atoms with van der Waals surface area (Å²) in [6.45, 7) is -0.235. The molecule has 1 aromatic heterocycles. The van der Waals surface area contributed by atoms with Gasteiger partial charge in [-0.2, -0.15) is 13.2 Å². The zero-order valence-corrected chi connectivity index (χ0v) is 12.7. The van der Waals surface area contributed by atoms with Gasteiger partial charge in [-0.25, -0.2) is 4.98 Å². The SMILES string of the molecule is CNC12CCC(NC(=O)COc3ccc(C(F)(F)F)nc3)(C1)C2. The van der Waals surface area contributed by atoms with Gasteiger partial charge in [-0.3, -0.25) is 4.79 Å². The molecule has 1 aromatic rings. The second kappa shape index (κ2) is 5.36. The summed E-state index contributed by atoms with van der Waals surface area (Å²) >= 11 is 0. The highest BCUT2D eigenvalue weighted by Crippen LogP contribution is 2.54. The molecule has 2 bridgehead atoms. The van der Waals surface area contributed by atoms with E-state index in [1.807, 2.05) is 7.05 Å². The quantitative estimate of drug-likeness (QED) is 0.866. The Morgan fingerprint density at radius 1 is 1.30 bits per heavy atom. The fourth-order valence-electron chi connectivity index (χ4n) is 3.64. The molecule has 0 atom stereocenters. The van der Waals surface area contributed by atoms with E-state index >= 15 is 0 Å². The molecule has 1 amide bonds. The summed E-state index contributed by atoms with van der Waals surface area (Å²) in [5, 5.41) is 6.28. The molecule has 3 aliphatic carbocycles. The minimum atomic E-state index is -4.48. The zero-order chi connectivity index (χ0) is 16.7. The number of pyridine rings is 1. The van der Waals surface area contributed by atoms with Crippen LogP contribution in [0.2, 0.25) is 0 Å². The highest BCUT2D eigenvalue weighted by molar-refractivity contribution is 5.78. The van der Waals surface area contributed by atoms with Crippen molar-refractivity contribution >= 4 is 5.91 Å². The standard InChI is InChI=1S/C15H18F3N3O2/c1-19-13-4-5-14(8-13,9-13)21-12(22)7-23-10-2-3-11(20-6-10)15(16,17)18/h2-3,6,19H,4-5,7-9H2,1H3,(H,21,22). The highest BCUT2D eigenvalue weighted by Gasteiger charge is 2.60. The first-order valence-electron chi connectivity index (χ1n) is 7.42. The van der Waals surface area contributed by atoms with Crippen LogP contribution < -0.4 is 15.4 Å². The van der Waals surface area contributed by atoms with Crippen LogP contribution in [-0.4, -0.2) is 35.6 Å². The number of carbonyl (C=O) groups is 1. The number of nitrogens with zero attached hydrogens (tertiary/aromatic N) is 1. The van der Waals surface area contributed by atoms with Crippen LogP contribution in [-0.2, 0) is 11.0 Å². The molecular formula is C15H18F3N3O2. The van der Waals surface area contributed by atoms with Crippen LogP contribution in [0.5, 0.6) is 5.75 Å². The van der Waals surface area contributed by atoms with Crippen molar-refractivity contribution in [1.82, 2.24) is 15.6 Å². The molecule has 2 N–H and O–H groups in total. The van der Waals surface area contributed by atoms with Gasteiger partial charge in [0.15, 0.2) is 6.61 Å². The van der Waals surface area contributed by atoms with Gasteiger partial charge in [-0.15, -0.1) is 0 Å². The van der Waals surface area contributed by atoms with E-state index in [0.717, 1.165) is 44.0 Å². The summed E-state index contributed by atoms with van der Waals surface area (Å²) in [5.74, 6) is -0.133. The summed E-state index contributed by atoms with van der Waals surface area (Å²) in [7, 11) is 1.93. The average molecular weight is 329 g/mol. The summed E-state index contributed by atoms with van der Waals surface area (Å²) < 4.78 is 42.4. The van der Waals surface area contributed by atoms with Crippen molar-refractivity contribution in [2.24, 2.45) is 0 Å². The van der Waals surface area contributed by atoms with Gasteiger partial charge >= 0.3 is 6.18 Å². The molecule has 0 radical (unpaired) electrons. The maximum absolute atomic E-state index is 12.4. The second-order valence-corrected chi connectivity index (χ2v) is 6.38. The average Bonchev–Trinajstić information content (AvgIpc) is 3.00. The molecule has 8 heteroatoms. The lowest BCUT2D eigenvalue weighted by atomic mass is 9.71. The smallest absolute Gasteiger partial charge is 0.433 e. The first-order valence-corrected chi connectivity index (χ1v) is 7.42.